The van der Waals surface area contributed by atoms with Crippen LogP contribution in [-0.2, 0) is 0 Å². The van der Waals surface area contributed by atoms with Crippen LogP contribution in [0, 0.1) is 5.41 Å². The van der Waals surface area contributed by atoms with Gasteiger partial charge in [0.15, 0.2) is 0 Å². The van der Waals surface area contributed by atoms with E-state index in [1.807, 2.05) is 0 Å². The van der Waals surface area contributed by atoms with E-state index >= 15 is 0 Å². The average molecular weight is 295 g/mol. The van der Waals surface area contributed by atoms with Crippen LogP contribution in [0.2, 0.25) is 0 Å². The Kier molecular flexibility index (Phi) is 6.55. The Morgan fingerprint density at radius 2 is 1.67 bits per heavy atom. The van der Waals surface area contributed by atoms with Crippen LogP contribution in [0.3, 0.4) is 0 Å². The fraction of sp³-hybridized carbons (Fsp3) is 1.00. The maximum atomic E-state index is 3.91. The Balaban J connectivity index is 2.05. The van der Waals surface area contributed by atoms with Crippen molar-refractivity contribution in [2.75, 3.05) is 13.6 Å². The van der Waals surface area contributed by atoms with Gasteiger partial charge < -0.3 is 5.32 Å². The molecule has 21 heavy (non-hydrogen) atoms. The van der Waals surface area contributed by atoms with E-state index in [0.717, 1.165) is 12.1 Å². The van der Waals surface area contributed by atoms with Crippen LogP contribution in [0.4, 0.5) is 0 Å². The van der Waals surface area contributed by atoms with Gasteiger partial charge in [0.25, 0.3) is 0 Å². The number of likely N-dealkylation sites (N-methyl/N-ethyl adjacent to an activating group) is 1. The van der Waals surface area contributed by atoms with E-state index in [0.29, 0.717) is 11.5 Å². The van der Waals surface area contributed by atoms with Gasteiger partial charge in [-0.15, -0.1) is 0 Å². The molecule has 0 aromatic rings. The van der Waals surface area contributed by atoms with Crippen molar-refractivity contribution in [2.24, 2.45) is 5.41 Å². The second kappa shape index (κ2) is 7.97. The lowest BCUT2D eigenvalue weighted by molar-refractivity contribution is 0.0357. The quantitative estimate of drug-likeness (QED) is 0.746. The highest BCUT2D eigenvalue weighted by Gasteiger charge is 2.41. The number of rotatable bonds is 5. The molecule has 2 atom stereocenters. The maximum absolute atomic E-state index is 3.91. The van der Waals surface area contributed by atoms with Crippen molar-refractivity contribution in [3.05, 3.63) is 0 Å². The molecular weight excluding hydrogens is 256 g/mol. The van der Waals surface area contributed by atoms with Crippen LogP contribution in [-0.4, -0.2) is 36.6 Å². The first-order valence-electron chi connectivity index (χ1n) is 9.51. The molecule has 2 aliphatic rings. The van der Waals surface area contributed by atoms with Crippen LogP contribution in [0.1, 0.15) is 85.0 Å². The molecule has 0 spiro atoms. The van der Waals surface area contributed by atoms with Gasteiger partial charge in [0.2, 0.25) is 0 Å². The minimum Gasteiger partial charge on any atom is -0.312 e. The van der Waals surface area contributed by atoms with Crippen molar-refractivity contribution in [1.29, 1.82) is 0 Å². The summed E-state index contributed by atoms with van der Waals surface area (Å²) in [4.78, 5) is 2.78. The molecule has 0 radical (unpaired) electrons. The van der Waals surface area contributed by atoms with E-state index in [-0.39, 0.29) is 0 Å². The Labute approximate surface area is 133 Å². The molecule has 2 fully saturated rings. The van der Waals surface area contributed by atoms with Gasteiger partial charge in [0, 0.05) is 18.1 Å². The van der Waals surface area contributed by atoms with Gasteiger partial charge in [0.05, 0.1) is 0 Å². The van der Waals surface area contributed by atoms with Crippen molar-refractivity contribution < 1.29 is 0 Å². The normalized spacial score (nSPS) is 31.3. The standard InChI is InChI=1S/C19H38N2/c1-5-15-20-18-17(13-10-14-19(18,2)3)21(4)16-11-8-6-7-9-12-16/h16-18,20H,5-15H2,1-4H3. The predicted octanol–water partition coefficient (Wildman–Crippen LogP) is 4.59. The van der Waals surface area contributed by atoms with Crippen molar-refractivity contribution in [2.45, 2.75) is 103 Å². The van der Waals surface area contributed by atoms with Gasteiger partial charge in [-0.1, -0.05) is 52.9 Å². The van der Waals surface area contributed by atoms with Crippen molar-refractivity contribution in [3.63, 3.8) is 0 Å². The first kappa shape index (κ1) is 17.3. The monoisotopic (exact) mass is 294 g/mol. The summed E-state index contributed by atoms with van der Waals surface area (Å²) < 4.78 is 0. The van der Waals surface area contributed by atoms with Gasteiger partial charge in [-0.25, -0.2) is 0 Å². The lowest BCUT2D eigenvalue weighted by Gasteiger charge is -2.49. The third-order valence-corrected chi connectivity index (χ3v) is 6.09. The molecule has 2 aliphatic carbocycles. The van der Waals surface area contributed by atoms with E-state index in [4.69, 9.17) is 0 Å². The summed E-state index contributed by atoms with van der Waals surface area (Å²) in [7, 11) is 2.42. The first-order chi connectivity index (χ1) is 10.1. The average Bonchev–Trinajstić information content (AvgIpc) is 2.73. The van der Waals surface area contributed by atoms with Gasteiger partial charge in [0.1, 0.15) is 0 Å². The van der Waals surface area contributed by atoms with Crippen LogP contribution >= 0.6 is 0 Å². The molecule has 124 valence electrons. The summed E-state index contributed by atoms with van der Waals surface area (Å²) >= 11 is 0. The predicted molar refractivity (Wildman–Crippen MR) is 92.8 cm³/mol. The first-order valence-corrected chi connectivity index (χ1v) is 9.51. The van der Waals surface area contributed by atoms with Gasteiger partial charge in [-0.2, -0.15) is 0 Å². The summed E-state index contributed by atoms with van der Waals surface area (Å²) in [6.45, 7) is 8.41. The third-order valence-electron chi connectivity index (χ3n) is 6.09. The molecule has 0 saturated heterocycles. The number of hydrogen-bond donors (Lipinski definition) is 1. The molecule has 2 heteroatoms. The zero-order chi connectivity index (χ0) is 15.3. The number of hydrogen-bond acceptors (Lipinski definition) is 2. The second-order valence-corrected chi connectivity index (χ2v) is 8.19. The summed E-state index contributed by atoms with van der Waals surface area (Å²) in [5, 5.41) is 3.91. The molecule has 2 rings (SSSR count). The smallest absolute Gasteiger partial charge is 0.0274 e. The van der Waals surface area contributed by atoms with E-state index in [2.05, 4.69) is 38.0 Å². The summed E-state index contributed by atoms with van der Waals surface area (Å²) in [5.74, 6) is 0. The topological polar surface area (TPSA) is 15.3 Å². The van der Waals surface area contributed by atoms with Crippen LogP contribution in [0.5, 0.6) is 0 Å². The van der Waals surface area contributed by atoms with Crippen LogP contribution < -0.4 is 5.32 Å². The van der Waals surface area contributed by atoms with Gasteiger partial charge in [-0.3, -0.25) is 4.90 Å². The summed E-state index contributed by atoms with van der Waals surface area (Å²) in [6.07, 6.45) is 14.1. The Bertz CT molecular complexity index is 292. The number of nitrogens with one attached hydrogen (secondary N) is 1. The molecule has 0 aliphatic heterocycles. The lowest BCUT2D eigenvalue weighted by atomic mass is 9.70. The summed E-state index contributed by atoms with van der Waals surface area (Å²) in [5.41, 5.74) is 0.442. The van der Waals surface area contributed by atoms with Crippen LogP contribution in [0.25, 0.3) is 0 Å². The van der Waals surface area contributed by atoms with Crippen LogP contribution in [0.15, 0.2) is 0 Å². The molecular formula is C19H38N2. The van der Waals surface area contributed by atoms with Gasteiger partial charge in [-0.05, 0) is 51.1 Å². The largest absolute Gasteiger partial charge is 0.312 e. The van der Waals surface area contributed by atoms with E-state index in [1.165, 1.54) is 70.8 Å². The van der Waals surface area contributed by atoms with Crippen molar-refractivity contribution >= 4 is 0 Å². The minimum atomic E-state index is 0.442. The molecule has 0 aromatic heterocycles. The molecule has 0 heterocycles. The third kappa shape index (κ3) is 4.45. The maximum Gasteiger partial charge on any atom is 0.0274 e. The number of nitrogens with zero attached hydrogens (tertiary/aromatic N) is 1. The Morgan fingerprint density at radius 3 is 2.29 bits per heavy atom. The highest BCUT2D eigenvalue weighted by molar-refractivity contribution is 4.98. The zero-order valence-electron chi connectivity index (χ0n) is 15.0. The molecule has 1 N–H and O–H groups in total. The van der Waals surface area contributed by atoms with E-state index < -0.39 is 0 Å². The Morgan fingerprint density at radius 1 is 1.00 bits per heavy atom. The minimum absolute atomic E-state index is 0.442. The molecule has 2 saturated carbocycles. The fourth-order valence-electron chi connectivity index (χ4n) is 4.70. The van der Waals surface area contributed by atoms with E-state index in [1.54, 1.807) is 0 Å². The second-order valence-electron chi connectivity index (χ2n) is 8.19. The molecule has 2 unspecified atom stereocenters. The SMILES string of the molecule is CCCNC1C(N(C)C2CCCCCC2)CCCC1(C)C. The molecule has 0 aromatic carbocycles. The summed E-state index contributed by atoms with van der Waals surface area (Å²) in [6, 6.07) is 2.24. The van der Waals surface area contributed by atoms with Crippen molar-refractivity contribution in [1.82, 2.24) is 10.2 Å². The lowest BCUT2D eigenvalue weighted by Crippen LogP contribution is -2.59. The zero-order valence-corrected chi connectivity index (χ0v) is 15.0. The highest BCUT2D eigenvalue weighted by atomic mass is 15.2. The molecule has 2 nitrogen and oxygen atoms in total. The molecule has 0 bridgehead atoms. The van der Waals surface area contributed by atoms with Gasteiger partial charge >= 0.3 is 0 Å². The highest BCUT2D eigenvalue weighted by Crippen LogP contribution is 2.39. The Hall–Kier alpha value is -0.0800. The van der Waals surface area contributed by atoms with E-state index in [9.17, 15) is 0 Å². The fourth-order valence-corrected chi connectivity index (χ4v) is 4.70. The van der Waals surface area contributed by atoms with Crippen molar-refractivity contribution in [3.8, 4) is 0 Å². The molecule has 0 amide bonds.